The van der Waals surface area contributed by atoms with Crippen molar-refractivity contribution in [3.63, 3.8) is 0 Å². The number of carbonyl (C=O) groups excluding carboxylic acids is 1. The minimum absolute atomic E-state index is 0.275. The molecular formula is C16H14N4O. The van der Waals surface area contributed by atoms with E-state index in [0.29, 0.717) is 11.5 Å². The zero-order chi connectivity index (χ0) is 14.7. The first-order valence-electron chi connectivity index (χ1n) is 6.51. The van der Waals surface area contributed by atoms with Crippen LogP contribution in [0.2, 0.25) is 0 Å². The summed E-state index contributed by atoms with van der Waals surface area (Å²) in [7, 11) is 0. The highest BCUT2D eigenvalue weighted by molar-refractivity contribution is 6.08. The summed E-state index contributed by atoms with van der Waals surface area (Å²) < 4.78 is 0. The van der Waals surface area contributed by atoms with Crippen LogP contribution in [0.25, 0.3) is 10.8 Å². The summed E-state index contributed by atoms with van der Waals surface area (Å²) in [6.45, 7) is 0. The monoisotopic (exact) mass is 278 g/mol. The van der Waals surface area contributed by atoms with Gasteiger partial charge in [-0.3, -0.25) is 4.79 Å². The van der Waals surface area contributed by atoms with Crippen molar-refractivity contribution in [2.24, 2.45) is 5.84 Å². The highest BCUT2D eigenvalue weighted by atomic mass is 16.1. The van der Waals surface area contributed by atoms with Crippen LogP contribution >= 0.6 is 0 Å². The average Bonchev–Trinajstić information content (AvgIpc) is 2.55. The van der Waals surface area contributed by atoms with Gasteiger partial charge in [-0.15, -0.1) is 0 Å². The lowest BCUT2D eigenvalue weighted by Gasteiger charge is -2.09. The van der Waals surface area contributed by atoms with Gasteiger partial charge < -0.3 is 10.7 Å². The average molecular weight is 278 g/mol. The van der Waals surface area contributed by atoms with Crippen molar-refractivity contribution in [1.82, 2.24) is 4.98 Å². The van der Waals surface area contributed by atoms with Crippen molar-refractivity contribution in [2.45, 2.75) is 0 Å². The van der Waals surface area contributed by atoms with Gasteiger partial charge in [0.05, 0.1) is 0 Å². The highest BCUT2D eigenvalue weighted by Crippen LogP contribution is 2.23. The first kappa shape index (κ1) is 13.1. The molecule has 0 atom stereocenters. The minimum atomic E-state index is -0.275. The molecule has 0 bridgehead atoms. The van der Waals surface area contributed by atoms with Crippen LogP contribution in [0.5, 0.6) is 0 Å². The lowest BCUT2D eigenvalue weighted by atomic mass is 10.1. The van der Waals surface area contributed by atoms with Crippen LogP contribution in [0, 0.1) is 0 Å². The Bertz CT molecular complexity index is 796. The van der Waals surface area contributed by atoms with E-state index in [1.54, 1.807) is 18.2 Å². The quantitative estimate of drug-likeness (QED) is 0.508. The molecule has 0 aliphatic carbocycles. The van der Waals surface area contributed by atoms with Gasteiger partial charge in [0.25, 0.3) is 5.91 Å². The topological polar surface area (TPSA) is 80.0 Å². The largest absolute Gasteiger partial charge is 0.320 e. The van der Waals surface area contributed by atoms with E-state index in [2.05, 4.69) is 15.7 Å². The summed E-state index contributed by atoms with van der Waals surface area (Å²) in [6, 6.07) is 18.7. The first-order chi connectivity index (χ1) is 10.3. The highest BCUT2D eigenvalue weighted by Gasteiger charge is 2.10. The molecule has 0 aliphatic heterocycles. The number of aromatic nitrogens is 1. The maximum Gasteiger partial charge on any atom is 0.274 e. The summed E-state index contributed by atoms with van der Waals surface area (Å²) in [5, 5.41) is 4.94. The summed E-state index contributed by atoms with van der Waals surface area (Å²) in [6.07, 6.45) is 0. The number of hydrogen-bond donors (Lipinski definition) is 3. The predicted octanol–water partition coefficient (Wildman–Crippen LogP) is 2.77. The van der Waals surface area contributed by atoms with Crippen LogP contribution in [0.3, 0.4) is 0 Å². The van der Waals surface area contributed by atoms with Crippen LogP contribution in [-0.2, 0) is 0 Å². The number of nitrogen functional groups attached to an aromatic ring is 1. The molecule has 0 unspecified atom stereocenters. The van der Waals surface area contributed by atoms with Gasteiger partial charge in [0.15, 0.2) is 0 Å². The maximum atomic E-state index is 12.3. The number of hydrogen-bond acceptors (Lipinski definition) is 4. The molecule has 3 aromatic rings. The van der Waals surface area contributed by atoms with Gasteiger partial charge >= 0.3 is 0 Å². The van der Waals surface area contributed by atoms with Gasteiger partial charge in [-0.05, 0) is 23.6 Å². The molecule has 1 amide bonds. The number of carbonyl (C=O) groups is 1. The van der Waals surface area contributed by atoms with Crippen LogP contribution in [0.4, 0.5) is 11.5 Å². The van der Waals surface area contributed by atoms with Crippen molar-refractivity contribution in [2.75, 3.05) is 10.7 Å². The third-order valence-corrected chi connectivity index (χ3v) is 3.17. The Balaban J connectivity index is 1.93. The lowest BCUT2D eigenvalue weighted by molar-refractivity contribution is 0.102. The summed E-state index contributed by atoms with van der Waals surface area (Å²) in [4.78, 5) is 16.4. The van der Waals surface area contributed by atoms with Crippen LogP contribution < -0.4 is 16.6 Å². The SMILES string of the molecule is NNc1cccc(C(=O)Nc2cccc3ccccc23)n1. The molecule has 2 aromatic carbocycles. The Morgan fingerprint density at radius 3 is 2.57 bits per heavy atom. The Kier molecular flexibility index (Phi) is 3.49. The molecular weight excluding hydrogens is 264 g/mol. The summed E-state index contributed by atoms with van der Waals surface area (Å²) in [5.74, 6) is 5.47. The molecule has 5 nitrogen and oxygen atoms in total. The fourth-order valence-electron chi connectivity index (χ4n) is 2.16. The van der Waals surface area contributed by atoms with E-state index in [1.807, 2.05) is 42.5 Å². The second kappa shape index (κ2) is 5.60. The molecule has 3 rings (SSSR count). The van der Waals surface area contributed by atoms with E-state index >= 15 is 0 Å². The maximum absolute atomic E-state index is 12.3. The van der Waals surface area contributed by atoms with E-state index in [1.165, 1.54) is 0 Å². The first-order valence-corrected chi connectivity index (χ1v) is 6.51. The van der Waals surface area contributed by atoms with E-state index in [4.69, 9.17) is 5.84 Å². The van der Waals surface area contributed by atoms with Gasteiger partial charge in [-0.25, -0.2) is 10.8 Å². The number of benzene rings is 2. The smallest absolute Gasteiger partial charge is 0.274 e. The van der Waals surface area contributed by atoms with Crippen molar-refractivity contribution >= 4 is 28.2 Å². The molecule has 0 aliphatic rings. The Morgan fingerprint density at radius 1 is 0.952 bits per heavy atom. The number of amides is 1. The molecule has 0 radical (unpaired) electrons. The van der Waals surface area contributed by atoms with Crippen molar-refractivity contribution in [1.29, 1.82) is 0 Å². The fraction of sp³-hybridized carbons (Fsp3) is 0. The summed E-state index contributed by atoms with van der Waals surface area (Å²) >= 11 is 0. The van der Waals surface area contributed by atoms with Gasteiger partial charge in [-0.2, -0.15) is 0 Å². The van der Waals surface area contributed by atoms with Crippen LogP contribution in [-0.4, -0.2) is 10.9 Å². The van der Waals surface area contributed by atoms with Gasteiger partial charge in [0, 0.05) is 11.1 Å². The molecule has 0 spiro atoms. The van der Waals surface area contributed by atoms with Crippen molar-refractivity contribution < 1.29 is 4.79 Å². The molecule has 0 fully saturated rings. The van der Waals surface area contributed by atoms with E-state index in [0.717, 1.165) is 16.5 Å². The number of rotatable bonds is 3. The number of nitrogens with zero attached hydrogens (tertiary/aromatic N) is 1. The van der Waals surface area contributed by atoms with E-state index < -0.39 is 0 Å². The molecule has 0 saturated heterocycles. The molecule has 0 saturated carbocycles. The third kappa shape index (κ3) is 2.68. The Labute approximate surface area is 121 Å². The standard InChI is InChI=1S/C16H14N4O/c17-20-15-10-4-9-14(18-15)16(21)19-13-8-3-6-11-5-1-2-7-12(11)13/h1-10H,17H2,(H,18,20)(H,19,21). The number of fused-ring (bicyclic) bond motifs is 1. The number of pyridine rings is 1. The molecule has 21 heavy (non-hydrogen) atoms. The zero-order valence-corrected chi connectivity index (χ0v) is 11.2. The number of nitrogens with one attached hydrogen (secondary N) is 2. The number of anilines is 2. The molecule has 4 N–H and O–H groups in total. The second-order valence-electron chi connectivity index (χ2n) is 4.53. The number of nitrogens with two attached hydrogens (primary N) is 1. The van der Waals surface area contributed by atoms with Crippen LogP contribution in [0.1, 0.15) is 10.5 Å². The minimum Gasteiger partial charge on any atom is -0.320 e. The van der Waals surface area contributed by atoms with Gasteiger partial charge in [0.2, 0.25) is 0 Å². The normalized spacial score (nSPS) is 10.3. The molecule has 1 aromatic heterocycles. The van der Waals surface area contributed by atoms with Gasteiger partial charge in [-0.1, -0.05) is 42.5 Å². The predicted molar refractivity (Wildman–Crippen MR) is 83.9 cm³/mol. The third-order valence-electron chi connectivity index (χ3n) is 3.17. The number of hydrazine groups is 1. The van der Waals surface area contributed by atoms with Crippen molar-refractivity contribution in [3.05, 3.63) is 66.4 Å². The summed E-state index contributed by atoms with van der Waals surface area (Å²) in [5.41, 5.74) is 3.48. The van der Waals surface area contributed by atoms with E-state index in [-0.39, 0.29) is 5.91 Å². The second-order valence-corrected chi connectivity index (χ2v) is 4.53. The van der Waals surface area contributed by atoms with E-state index in [9.17, 15) is 4.79 Å². The fourth-order valence-corrected chi connectivity index (χ4v) is 2.16. The van der Waals surface area contributed by atoms with Crippen molar-refractivity contribution in [3.8, 4) is 0 Å². The zero-order valence-electron chi connectivity index (χ0n) is 11.2. The Morgan fingerprint density at radius 2 is 1.71 bits per heavy atom. The molecule has 5 heteroatoms. The Hall–Kier alpha value is -2.92. The molecule has 1 heterocycles. The lowest BCUT2D eigenvalue weighted by Crippen LogP contribution is -2.16. The van der Waals surface area contributed by atoms with Crippen LogP contribution in [0.15, 0.2) is 60.7 Å². The molecule has 104 valence electrons. The van der Waals surface area contributed by atoms with Gasteiger partial charge in [0.1, 0.15) is 11.5 Å².